The lowest BCUT2D eigenvalue weighted by Gasteiger charge is -2.43. The number of nitrogens with zero attached hydrogens (tertiary/aromatic N) is 5. The zero-order chi connectivity index (χ0) is 24.6. The maximum atomic E-state index is 13.1. The first-order valence-corrected chi connectivity index (χ1v) is 12.8. The van der Waals surface area contributed by atoms with E-state index in [1.165, 1.54) is 12.8 Å². The van der Waals surface area contributed by atoms with Crippen LogP contribution in [0.2, 0.25) is 0 Å². The zero-order valence-electron chi connectivity index (χ0n) is 21.3. The Labute approximate surface area is 202 Å². The van der Waals surface area contributed by atoms with Gasteiger partial charge in [-0.1, -0.05) is 19.8 Å². The van der Waals surface area contributed by atoms with Gasteiger partial charge in [-0.05, 0) is 58.8 Å². The van der Waals surface area contributed by atoms with Crippen molar-refractivity contribution in [2.45, 2.75) is 96.4 Å². The highest BCUT2D eigenvalue weighted by atomic mass is 16.3. The molecule has 2 atom stereocenters. The number of likely N-dealkylation sites (N-methyl/N-ethyl adjacent to an activating group) is 1. The SMILES string of the molecule is CCC1C(=O)N(C)c2cnc(NC(C)C3CCN(C(=O)C(C)(C)O)CC3)nc2N1C1CCCC1. The number of rotatable bonds is 6. The van der Waals surface area contributed by atoms with E-state index in [9.17, 15) is 14.7 Å². The van der Waals surface area contributed by atoms with Crippen molar-refractivity contribution in [2.75, 3.05) is 35.3 Å². The van der Waals surface area contributed by atoms with Crippen molar-refractivity contribution >= 4 is 29.3 Å². The molecule has 9 heteroatoms. The summed E-state index contributed by atoms with van der Waals surface area (Å²) in [7, 11) is 1.82. The molecule has 2 amide bonds. The van der Waals surface area contributed by atoms with Gasteiger partial charge in [0.1, 0.15) is 17.3 Å². The first-order chi connectivity index (χ1) is 16.1. The molecule has 1 aromatic heterocycles. The number of nitrogens with one attached hydrogen (secondary N) is 1. The third kappa shape index (κ3) is 4.72. The van der Waals surface area contributed by atoms with Crippen molar-refractivity contribution in [1.82, 2.24) is 14.9 Å². The molecule has 9 nitrogen and oxygen atoms in total. The van der Waals surface area contributed by atoms with E-state index in [0.717, 1.165) is 43.6 Å². The zero-order valence-corrected chi connectivity index (χ0v) is 21.3. The van der Waals surface area contributed by atoms with Crippen LogP contribution in [0.25, 0.3) is 0 Å². The van der Waals surface area contributed by atoms with Crippen LogP contribution in [0.5, 0.6) is 0 Å². The molecular weight excluding hydrogens is 432 g/mol. The monoisotopic (exact) mass is 472 g/mol. The Kier molecular flexibility index (Phi) is 7.03. The van der Waals surface area contributed by atoms with Gasteiger partial charge in [-0.25, -0.2) is 4.98 Å². The second kappa shape index (κ2) is 9.68. The molecule has 2 N–H and O–H groups in total. The van der Waals surface area contributed by atoms with E-state index in [1.807, 2.05) is 7.05 Å². The molecule has 3 heterocycles. The first-order valence-electron chi connectivity index (χ1n) is 12.8. The summed E-state index contributed by atoms with van der Waals surface area (Å²) >= 11 is 0. The fourth-order valence-corrected chi connectivity index (χ4v) is 5.76. The van der Waals surface area contributed by atoms with Gasteiger partial charge in [0.05, 0.1) is 6.20 Å². The van der Waals surface area contributed by atoms with Gasteiger partial charge in [-0.15, -0.1) is 0 Å². The lowest BCUT2D eigenvalue weighted by Crippen LogP contribution is -2.55. The van der Waals surface area contributed by atoms with Gasteiger partial charge in [-0.3, -0.25) is 9.59 Å². The third-order valence-corrected chi connectivity index (χ3v) is 7.83. The van der Waals surface area contributed by atoms with Crippen LogP contribution in [0, 0.1) is 5.92 Å². The largest absolute Gasteiger partial charge is 0.381 e. The maximum absolute atomic E-state index is 13.1. The molecule has 0 bridgehead atoms. The Bertz CT molecular complexity index is 902. The van der Waals surface area contributed by atoms with E-state index in [4.69, 9.17) is 4.98 Å². The normalized spacial score (nSPS) is 23.3. The molecule has 1 saturated heterocycles. The second-order valence-corrected chi connectivity index (χ2v) is 10.7. The Morgan fingerprint density at radius 3 is 2.47 bits per heavy atom. The van der Waals surface area contributed by atoms with Crippen LogP contribution in [0.15, 0.2) is 6.20 Å². The van der Waals surface area contributed by atoms with E-state index in [-0.39, 0.29) is 23.9 Å². The number of anilines is 3. The summed E-state index contributed by atoms with van der Waals surface area (Å²) in [5.74, 6) is 1.73. The van der Waals surface area contributed by atoms with Gasteiger partial charge in [0, 0.05) is 32.2 Å². The third-order valence-electron chi connectivity index (χ3n) is 7.83. The van der Waals surface area contributed by atoms with E-state index in [0.29, 0.717) is 31.0 Å². The highest BCUT2D eigenvalue weighted by Gasteiger charge is 2.41. The number of fused-ring (bicyclic) bond motifs is 1. The number of likely N-dealkylation sites (tertiary alicyclic amines) is 1. The van der Waals surface area contributed by atoms with Crippen LogP contribution in [-0.4, -0.2) is 75.7 Å². The molecule has 1 saturated carbocycles. The highest BCUT2D eigenvalue weighted by molar-refractivity contribution is 6.04. The molecule has 1 aromatic rings. The Balaban J connectivity index is 1.48. The summed E-state index contributed by atoms with van der Waals surface area (Å²) in [6.45, 7) is 8.58. The van der Waals surface area contributed by atoms with E-state index >= 15 is 0 Å². The Morgan fingerprint density at radius 2 is 1.88 bits per heavy atom. The number of hydrogen-bond donors (Lipinski definition) is 2. The van der Waals surface area contributed by atoms with Gasteiger partial charge >= 0.3 is 0 Å². The summed E-state index contributed by atoms with van der Waals surface area (Å²) in [5.41, 5.74) is -0.553. The molecule has 2 aliphatic heterocycles. The number of aromatic nitrogens is 2. The van der Waals surface area contributed by atoms with Gasteiger partial charge < -0.3 is 25.1 Å². The molecule has 2 unspecified atom stereocenters. The fraction of sp³-hybridized carbons (Fsp3) is 0.760. The van der Waals surface area contributed by atoms with E-state index in [1.54, 1.807) is 29.8 Å². The first kappa shape index (κ1) is 24.7. The van der Waals surface area contributed by atoms with Crippen molar-refractivity contribution in [3.05, 3.63) is 6.20 Å². The Hall–Kier alpha value is -2.42. The molecule has 3 aliphatic rings. The topological polar surface area (TPSA) is 102 Å². The molecule has 0 spiro atoms. The van der Waals surface area contributed by atoms with E-state index in [2.05, 4.69) is 29.0 Å². The lowest BCUT2D eigenvalue weighted by molar-refractivity contribution is -0.149. The highest BCUT2D eigenvalue weighted by Crippen LogP contribution is 2.40. The van der Waals surface area contributed by atoms with Crippen molar-refractivity contribution in [3.63, 3.8) is 0 Å². The van der Waals surface area contributed by atoms with Crippen molar-refractivity contribution < 1.29 is 14.7 Å². The van der Waals surface area contributed by atoms with E-state index < -0.39 is 5.60 Å². The average Bonchev–Trinajstić information content (AvgIpc) is 3.34. The summed E-state index contributed by atoms with van der Waals surface area (Å²) in [5, 5.41) is 13.5. The van der Waals surface area contributed by atoms with Crippen LogP contribution < -0.4 is 15.1 Å². The summed E-state index contributed by atoms with van der Waals surface area (Å²) < 4.78 is 0. The lowest BCUT2D eigenvalue weighted by atomic mass is 9.89. The van der Waals surface area contributed by atoms with Gasteiger partial charge in [-0.2, -0.15) is 4.98 Å². The molecule has 0 aromatic carbocycles. The number of amides is 2. The number of hydrogen-bond acceptors (Lipinski definition) is 7. The minimum atomic E-state index is -1.33. The Morgan fingerprint density at radius 1 is 1.24 bits per heavy atom. The number of piperidine rings is 1. The molecule has 1 aliphatic carbocycles. The summed E-state index contributed by atoms with van der Waals surface area (Å²) in [6.07, 6.45) is 8.83. The fourth-order valence-electron chi connectivity index (χ4n) is 5.76. The summed E-state index contributed by atoms with van der Waals surface area (Å²) in [4.78, 5) is 40.7. The van der Waals surface area contributed by atoms with Crippen LogP contribution >= 0.6 is 0 Å². The predicted octanol–water partition coefficient (Wildman–Crippen LogP) is 2.79. The minimum absolute atomic E-state index is 0.118. The standard InChI is InChI=1S/C25H40N6O3/c1-6-19-22(32)29(5)20-15-26-24(28-21(20)31(19)18-9-7-8-10-18)27-16(2)17-11-13-30(14-12-17)23(33)25(3,4)34/h15-19,34H,6-14H2,1-5H3,(H,26,27,28). The van der Waals surface area contributed by atoms with Gasteiger partial charge in [0.15, 0.2) is 5.82 Å². The molecule has 188 valence electrons. The molecule has 2 fully saturated rings. The summed E-state index contributed by atoms with van der Waals surface area (Å²) in [6, 6.07) is 0.305. The van der Waals surface area contributed by atoms with Crippen LogP contribution in [-0.2, 0) is 9.59 Å². The molecule has 34 heavy (non-hydrogen) atoms. The van der Waals surface area contributed by atoms with Crippen molar-refractivity contribution in [2.24, 2.45) is 5.92 Å². The van der Waals surface area contributed by atoms with Crippen LogP contribution in [0.1, 0.15) is 72.6 Å². The van der Waals surface area contributed by atoms with Gasteiger partial charge in [0.2, 0.25) is 11.9 Å². The molecular formula is C25H40N6O3. The maximum Gasteiger partial charge on any atom is 0.253 e. The number of carbonyl (C=O) groups is 2. The predicted molar refractivity (Wildman–Crippen MR) is 133 cm³/mol. The van der Waals surface area contributed by atoms with Gasteiger partial charge in [0.25, 0.3) is 5.91 Å². The molecule has 0 radical (unpaired) electrons. The smallest absolute Gasteiger partial charge is 0.253 e. The van der Waals surface area contributed by atoms with Crippen molar-refractivity contribution in [3.8, 4) is 0 Å². The second-order valence-electron chi connectivity index (χ2n) is 10.7. The number of aliphatic hydroxyl groups is 1. The minimum Gasteiger partial charge on any atom is -0.381 e. The molecule has 4 rings (SSSR count). The van der Waals surface area contributed by atoms with Crippen molar-refractivity contribution in [1.29, 1.82) is 0 Å². The van der Waals surface area contributed by atoms with Crippen LogP contribution in [0.4, 0.5) is 17.5 Å². The number of carbonyl (C=O) groups excluding carboxylic acids is 2. The van der Waals surface area contributed by atoms with Crippen LogP contribution in [0.3, 0.4) is 0 Å². The average molecular weight is 473 g/mol. The quantitative estimate of drug-likeness (QED) is 0.656.